The number of hydrogen-bond acceptors (Lipinski definition) is 8. The summed E-state index contributed by atoms with van der Waals surface area (Å²) in [5, 5.41) is -2.01. The maximum Gasteiger partial charge on any atom is 0.363 e. The predicted octanol–water partition coefficient (Wildman–Crippen LogP) is -0.801. The summed E-state index contributed by atoms with van der Waals surface area (Å²) in [6.45, 7) is -0.0148. The van der Waals surface area contributed by atoms with E-state index in [0.717, 1.165) is 17.1 Å². The molecule has 0 aliphatic carbocycles. The Bertz CT molecular complexity index is 1010. The lowest BCUT2D eigenvalue weighted by Gasteiger charge is -2.15. The van der Waals surface area contributed by atoms with Crippen LogP contribution in [0.5, 0.6) is 0 Å². The Hall–Kier alpha value is -3.38. The van der Waals surface area contributed by atoms with E-state index in [2.05, 4.69) is 4.84 Å². The molecular formula is C16H12N2O9S. The predicted molar refractivity (Wildman–Crippen MR) is 88.4 cm³/mol. The van der Waals surface area contributed by atoms with Gasteiger partial charge in [-0.1, -0.05) is 12.1 Å². The van der Waals surface area contributed by atoms with Gasteiger partial charge in [0.15, 0.2) is 5.25 Å². The maximum absolute atomic E-state index is 12.1. The van der Waals surface area contributed by atoms with Gasteiger partial charge in [-0.3, -0.25) is 28.6 Å². The zero-order valence-electron chi connectivity index (χ0n) is 14.0. The Morgan fingerprint density at radius 1 is 1.07 bits per heavy atom. The molecule has 2 heterocycles. The van der Waals surface area contributed by atoms with Crippen molar-refractivity contribution in [3.8, 4) is 0 Å². The van der Waals surface area contributed by atoms with Gasteiger partial charge in [-0.25, -0.2) is 4.79 Å². The molecule has 11 nitrogen and oxygen atoms in total. The quantitative estimate of drug-likeness (QED) is 0.487. The Kier molecular flexibility index (Phi) is 4.83. The molecule has 1 atom stereocenters. The van der Waals surface area contributed by atoms with Gasteiger partial charge in [-0.2, -0.15) is 8.42 Å². The van der Waals surface area contributed by atoms with Gasteiger partial charge in [0, 0.05) is 12.2 Å². The smallest absolute Gasteiger partial charge is 0.325 e. The molecule has 1 saturated heterocycles. The summed E-state index contributed by atoms with van der Waals surface area (Å²) in [6.07, 6.45) is 1.44. The van der Waals surface area contributed by atoms with Gasteiger partial charge in [0.25, 0.3) is 33.7 Å². The van der Waals surface area contributed by atoms with E-state index in [1.165, 1.54) is 24.3 Å². The van der Waals surface area contributed by atoms with Crippen molar-refractivity contribution in [2.75, 3.05) is 0 Å². The summed E-state index contributed by atoms with van der Waals surface area (Å²) in [6, 6.07) is 5.43. The van der Waals surface area contributed by atoms with E-state index in [1.54, 1.807) is 0 Å². The molecule has 0 aromatic heterocycles. The maximum atomic E-state index is 12.1. The normalized spacial score (nSPS) is 19.7. The van der Waals surface area contributed by atoms with Crippen molar-refractivity contribution in [1.82, 2.24) is 9.96 Å². The highest BCUT2D eigenvalue weighted by atomic mass is 32.2. The number of benzene rings is 1. The summed E-state index contributed by atoms with van der Waals surface area (Å²) in [5.41, 5.74) is 0.457. The van der Waals surface area contributed by atoms with Crippen LogP contribution in [0.3, 0.4) is 0 Å². The minimum Gasteiger partial charge on any atom is -0.325 e. The van der Waals surface area contributed by atoms with Gasteiger partial charge in [0.05, 0.1) is 18.5 Å². The fourth-order valence-electron chi connectivity index (χ4n) is 2.56. The van der Waals surface area contributed by atoms with Crippen molar-refractivity contribution in [3.63, 3.8) is 0 Å². The Morgan fingerprint density at radius 3 is 2.14 bits per heavy atom. The van der Waals surface area contributed by atoms with Crippen LogP contribution < -0.4 is 0 Å². The van der Waals surface area contributed by atoms with E-state index in [-0.39, 0.29) is 17.2 Å². The summed E-state index contributed by atoms with van der Waals surface area (Å²) in [7, 11) is -4.81. The second-order valence-corrected chi connectivity index (χ2v) is 7.50. The number of rotatable bonds is 5. The average molecular weight is 408 g/mol. The molecule has 1 N–H and O–H groups in total. The van der Waals surface area contributed by atoms with Crippen molar-refractivity contribution in [1.29, 1.82) is 0 Å². The first-order valence-electron chi connectivity index (χ1n) is 7.76. The van der Waals surface area contributed by atoms with E-state index < -0.39 is 51.4 Å². The van der Waals surface area contributed by atoms with Crippen molar-refractivity contribution >= 4 is 39.7 Å². The molecule has 3 rings (SSSR count). The van der Waals surface area contributed by atoms with Crippen LogP contribution in [-0.4, -0.2) is 57.8 Å². The van der Waals surface area contributed by atoms with Crippen LogP contribution in [0.2, 0.25) is 0 Å². The van der Waals surface area contributed by atoms with Crippen LogP contribution in [0.15, 0.2) is 36.4 Å². The molecule has 1 aromatic carbocycles. The zero-order chi connectivity index (χ0) is 20.6. The lowest BCUT2D eigenvalue weighted by molar-refractivity contribution is -0.172. The first-order valence-corrected chi connectivity index (χ1v) is 9.26. The molecule has 2 aliphatic rings. The third kappa shape index (κ3) is 3.68. The number of hydroxylamine groups is 2. The Labute approximate surface area is 157 Å². The van der Waals surface area contributed by atoms with E-state index in [0.29, 0.717) is 5.56 Å². The molecule has 0 saturated carbocycles. The highest BCUT2D eigenvalue weighted by molar-refractivity contribution is 7.87. The lowest BCUT2D eigenvalue weighted by Crippen LogP contribution is -2.36. The molecular weight excluding hydrogens is 396 g/mol. The number of carbonyl (C=O) groups excluding carboxylic acids is 5. The number of amides is 4. The van der Waals surface area contributed by atoms with Gasteiger partial charge < -0.3 is 4.84 Å². The topological polar surface area (TPSA) is 155 Å². The largest absolute Gasteiger partial charge is 0.363 e. The van der Waals surface area contributed by atoms with Crippen LogP contribution in [-0.2, 0) is 40.7 Å². The molecule has 0 bridgehead atoms. The fraction of sp³-hybridized carbons (Fsp3) is 0.188. The molecule has 146 valence electrons. The van der Waals surface area contributed by atoms with Crippen LogP contribution in [0, 0.1) is 0 Å². The second kappa shape index (κ2) is 6.98. The van der Waals surface area contributed by atoms with Crippen molar-refractivity contribution in [2.45, 2.75) is 18.2 Å². The summed E-state index contributed by atoms with van der Waals surface area (Å²) in [5.74, 6) is -4.49. The third-order valence-corrected chi connectivity index (χ3v) is 5.11. The first-order chi connectivity index (χ1) is 13.1. The number of carbonyl (C=O) groups is 5. The highest BCUT2D eigenvalue weighted by Gasteiger charge is 2.48. The van der Waals surface area contributed by atoms with E-state index in [1.807, 2.05) is 0 Å². The Balaban J connectivity index is 1.67. The minimum atomic E-state index is -4.81. The summed E-state index contributed by atoms with van der Waals surface area (Å²) >= 11 is 0. The number of hydrogen-bond donors (Lipinski definition) is 1. The minimum absolute atomic E-state index is 0.00190. The monoisotopic (exact) mass is 408 g/mol. The number of imide groups is 2. The fourth-order valence-corrected chi connectivity index (χ4v) is 3.27. The van der Waals surface area contributed by atoms with Crippen molar-refractivity contribution in [3.05, 3.63) is 47.5 Å². The molecule has 1 aromatic rings. The SMILES string of the molecule is O=C(ON1C(=O)CC(S(=O)(=O)O)C1=O)c1ccc(CN2C(=O)C=CC2=O)cc1. The van der Waals surface area contributed by atoms with E-state index in [9.17, 15) is 32.4 Å². The lowest BCUT2D eigenvalue weighted by atomic mass is 10.1. The van der Waals surface area contributed by atoms with Crippen molar-refractivity contribution < 1.29 is 41.8 Å². The molecule has 1 unspecified atom stereocenters. The van der Waals surface area contributed by atoms with Crippen LogP contribution >= 0.6 is 0 Å². The molecule has 28 heavy (non-hydrogen) atoms. The second-order valence-electron chi connectivity index (χ2n) is 5.91. The number of nitrogens with zero attached hydrogens (tertiary/aromatic N) is 2. The van der Waals surface area contributed by atoms with Crippen LogP contribution in [0.1, 0.15) is 22.3 Å². The zero-order valence-corrected chi connectivity index (χ0v) is 14.8. The van der Waals surface area contributed by atoms with Crippen molar-refractivity contribution in [2.24, 2.45) is 0 Å². The van der Waals surface area contributed by atoms with Gasteiger partial charge in [-0.15, -0.1) is 5.06 Å². The van der Waals surface area contributed by atoms with Crippen LogP contribution in [0.25, 0.3) is 0 Å². The third-order valence-electron chi connectivity index (χ3n) is 4.03. The van der Waals surface area contributed by atoms with E-state index >= 15 is 0 Å². The first kappa shape index (κ1) is 19.4. The molecule has 4 amide bonds. The molecule has 0 radical (unpaired) electrons. The van der Waals surface area contributed by atoms with Gasteiger partial charge in [0.2, 0.25) is 0 Å². The molecule has 0 spiro atoms. The average Bonchev–Trinajstić information content (AvgIpc) is 3.09. The van der Waals surface area contributed by atoms with Gasteiger partial charge >= 0.3 is 5.97 Å². The van der Waals surface area contributed by atoms with Gasteiger partial charge in [0.1, 0.15) is 0 Å². The standard InChI is InChI=1S/C16H12N2O9S/c19-12-5-6-13(20)17(12)8-9-1-3-10(4-2-9)16(23)27-18-14(21)7-11(15(18)22)28(24,25)26/h1-6,11H,7-8H2,(H,24,25,26). The van der Waals surface area contributed by atoms with Crippen LogP contribution in [0.4, 0.5) is 0 Å². The Morgan fingerprint density at radius 2 is 1.64 bits per heavy atom. The summed E-state index contributed by atoms with van der Waals surface area (Å²) in [4.78, 5) is 64.3. The molecule has 1 fully saturated rings. The van der Waals surface area contributed by atoms with E-state index in [4.69, 9.17) is 4.55 Å². The molecule has 2 aliphatic heterocycles. The molecule has 12 heteroatoms. The highest BCUT2D eigenvalue weighted by Crippen LogP contribution is 2.21. The van der Waals surface area contributed by atoms with Gasteiger partial charge in [-0.05, 0) is 17.7 Å². The summed E-state index contributed by atoms with van der Waals surface area (Å²) < 4.78 is 31.1.